The maximum absolute atomic E-state index is 5.98. The standard InChI is InChI=1S/C16H23N3OS/c1-6-11-7-8-13(12(9-11)16(2,3)4)20-15-19-18-14(21-15)10-17-5/h7-9,17H,6,10H2,1-5H3. The summed E-state index contributed by atoms with van der Waals surface area (Å²) in [5, 5.41) is 12.8. The van der Waals surface area contributed by atoms with Gasteiger partial charge in [-0.05, 0) is 30.5 Å². The van der Waals surface area contributed by atoms with Crippen molar-refractivity contribution in [3.8, 4) is 10.9 Å². The third-order valence-electron chi connectivity index (χ3n) is 3.23. The quantitative estimate of drug-likeness (QED) is 0.910. The summed E-state index contributed by atoms with van der Waals surface area (Å²) in [5.41, 5.74) is 2.55. The average molecular weight is 305 g/mol. The van der Waals surface area contributed by atoms with Crippen LogP contribution in [0.2, 0.25) is 0 Å². The lowest BCUT2D eigenvalue weighted by Gasteiger charge is -2.22. The second-order valence-electron chi connectivity index (χ2n) is 6.03. The van der Waals surface area contributed by atoms with Crippen LogP contribution in [0.5, 0.6) is 10.9 Å². The van der Waals surface area contributed by atoms with E-state index in [4.69, 9.17) is 4.74 Å². The molecule has 0 bridgehead atoms. The number of hydrogen-bond acceptors (Lipinski definition) is 5. The Kier molecular flexibility index (Phi) is 4.96. The van der Waals surface area contributed by atoms with Crippen LogP contribution in [-0.4, -0.2) is 17.2 Å². The van der Waals surface area contributed by atoms with E-state index >= 15 is 0 Å². The van der Waals surface area contributed by atoms with Gasteiger partial charge in [-0.1, -0.05) is 56.3 Å². The van der Waals surface area contributed by atoms with Gasteiger partial charge in [0.1, 0.15) is 10.8 Å². The molecule has 2 rings (SSSR count). The summed E-state index contributed by atoms with van der Waals surface area (Å²) in [6.07, 6.45) is 1.02. The second kappa shape index (κ2) is 6.54. The third kappa shape index (κ3) is 4.02. The van der Waals surface area contributed by atoms with Gasteiger partial charge in [-0.2, -0.15) is 0 Å². The highest BCUT2D eigenvalue weighted by Gasteiger charge is 2.20. The summed E-state index contributed by atoms with van der Waals surface area (Å²) in [6.45, 7) is 9.46. The Morgan fingerprint density at radius 3 is 2.62 bits per heavy atom. The maximum atomic E-state index is 5.98. The predicted molar refractivity (Wildman–Crippen MR) is 87.3 cm³/mol. The number of rotatable bonds is 5. The molecular weight excluding hydrogens is 282 g/mol. The van der Waals surface area contributed by atoms with Crippen molar-refractivity contribution in [3.63, 3.8) is 0 Å². The molecule has 2 aromatic rings. The van der Waals surface area contributed by atoms with Crippen LogP contribution >= 0.6 is 11.3 Å². The van der Waals surface area contributed by atoms with E-state index in [0.717, 1.165) is 17.2 Å². The Morgan fingerprint density at radius 2 is 2.00 bits per heavy atom. The number of nitrogens with zero attached hydrogens (tertiary/aromatic N) is 2. The van der Waals surface area contributed by atoms with Crippen LogP contribution in [0.4, 0.5) is 0 Å². The predicted octanol–water partition coefficient (Wildman–Crippen LogP) is 3.91. The first-order valence-electron chi connectivity index (χ1n) is 7.22. The zero-order chi connectivity index (χ0) is 15.5. The highest BCUT2D eigenvalue weighted by molar-refractivity contribution is 7.13. The minimum Gasteiger partial charge on any atom is -0.429 e. The Morgan fingerprint density at radius 1 is 1.24 bits per heavy atom. The van der Waals surface area contributed by atoms with Crippen molar-refractivity contribution in [2.24, 2.45) is 0 Å². The lowest BCUT2D eigenvalue weighted by atomic mass is 9.85. The molecule has 0 amide bonds. The molecule has 0 fully saturated rings. The second-order valence-corrected chi connectivity index (χ2v) is 7.05. The van der Waals surface area contributed by atoms with Crippen molar-refractivity contribution in [1.29, 1.82) is 0 Å². The minimum atomic E-state index is 0.0268. The summed E-state index contributed by atoms with van der Waals surface area (Å²) < 4.78 is 5.98. The van der Waals surface area contributed by atoms with Gasteiger partial charge in [0.25, 0.3) is 5.19 Å². The van der Waals surface area contributed by atoms with Crippen LogP contribution in [0.1, 0.15) is 43.8 Å². The summed E-state index contributed by atoms with van der Waals surface area (Å²) in [4.78, 5) is 0. The molecule has 1 N–H and O–H groups in total. The molecule has 1 aromatic carbocycles. The van der Waals surface area contributed by atoms with Crippen LogP contribution in [0.3, 0.4) is 0 Å². The minimum absolute atomic E-state index is 0.0268. The Balaban J connectivity index is 2.29. The van der Waals surface area contributed by atoms with Crippen LogP contribution in [-0.2, 0) is 18.4 Å². The van der Waals surface area contributed by atoms with Gasteiger partial charge in [-0.25, -0.2) is 0 Å². The summed E-state index contributed by atoms with van der Waals surface area (Å²) in [7, 11) is 1.89. The lowest BCUT2D eigenvalue weighted by molar-refractivity contribution is 0.448. The monoisotopic (exact) mass is 305 g/mol. The molecule has 0 aliphatic rings. The van der Waals surface area contributed by atoms with Gasteiger partial charge in [-0.3, -0.25) is 0 Å². The lowest BCUT2D eigenvalue weighted by Crippen LogP contribution is -2.13. The van der Waals surface area contributed by atoms with Crippen molar-refractivity contribution in [1.82, 2.24) is 15.5 Å². The van der Waals surface area contributed by atoms with Crippen molar-refractivity contribution in [2.75, 3.05) is 7.05 Å². The van der Waals surface area contributed by atoms with Crippen molar-refractivity contribution in [2.45, 2.75) is 46.1 Å². The Labute approximate surface area is 130 Å². The number of benzene rings is 1. The van der Waals surface area contributed by atoms with E-state index in [1.165, 1.54) is 22.5 Å². The van der Waals surface area contributed by atoms with Gasteiger partial charge in [0.2, 0.25) is 0 Å². The molecule has 0 radical (unpaired) electrons. The fourth-order valence-corrected chi connectivity index (χ4v) is 2.78. The van der Waals surface area contributed by atoms with Crippen LogP contribution < -0.4 is 10.1 Å². The molecule has 0 aliphatic heterocycles. The number of aryl methyl sites for hydroxylation is 1. The van der Waals surface area contributed by atoms with E-state index in [9.17, 15) is 0 Å². The maximum Gasteiger partial charge on any atom is 0.299 e. The Bertz CT molecular complexity index is 602. The van der Waals surface area contributed by atoms with Crippen LogP contribution in [0.25, 0.3) is 0 Å². The third-order valence-corrected chi connectivity index (χ3v) is 4.04. The SMILES string of the molecule is CCc1ccc(Oc2nnc(CNC)s2)c(C(C)(C)C)c1. The average Bonchev–Trinajstić information content (AvgIpc) is 2.86. The molecule has 0 saturated carbocycles. The van der Waals surface area contributed by atoms with Gasteiger partial charge in [0.15, 0.2) is 0 Å². The van der Waals surface area contributed by atoms with Crippen molar-refractivity contribution >= 4 is 11.3 Å². The van der Waals surface area contributed by atoms with E-state index in [0.29, 0.717) is 11.7 Å². The fraction of sp³-hybridized carbons (Fsp3) is 0.500. The van der Waals surface area contributed by atoms with Gasteiger partial charge >= 0.3 is 0 Å². The number of hydrogen-bond donors (Lipinski definition) is 1. The van der Waals surface area contributed by atoms with E-state index in [2.05, 4.69) is 55.3 Å². The molecular formula is C16H23N3OS. The van der Waals surface area contributed by atoms with E-state index in [1.807, 2.05) is 13.1 Å². The molecule has 5 heteroatoms. The molecule has 0 aliphatic carbocycles. The molecule has 4 nitrogen and oxygen atoms in total. The molecule has 0 spiro atoms. The molecule has 114 valence electrons. The first kappa shape index (κ1) is 15.9. The van der Waals surface area contributed by atoms with Crippen molar-refractivity contribution in [3.05, 3.63) is 34.3 Å². The van der Waals surface area contributed by atoms with Gasteiger partial charge in [0, 0.05) is 12.1 Å². The topological polar surface area (TPSA) is 47.0 Å². The molecule has 0 saturated heterocycles. The number of ether oxygens (including phenoxy) is 1. The van der Waals surface area contributed by atoms with Gasteiger partial charge in [0.05, 0.1) is 0 Å². The van der Waals surface area contributed by atoms with E-state index < -0.39 is 0 Å². The smallest absolute Gasteiger partial charge is 0.299 e. The summed E-state index contributed by atoms with van der Waals surface area (Å²) >= 11 is 1.47. The zero-order valence-electron chi connectivity index (χ0n) is 13.4. The molecule has 0 atom stereocenters. The fourth-order valence-electron chi connectivity index (χ4n) is 2.07. The van der Waals surface area contributed by atoms with Crippen molar-refractivity contribution < 1.29 is 4.74 Å². The highest BCUT2D eigenvalue weighted by atomic mass is 32.1. The molecule has 0 unspecified atom stereocenters. The number of aromatic nitrogens is 2. The van der Waals surface area contributed by atoms with Gasteiger partial charge < -0.3 is 10.1 Å². The molecule has 1 aromatic heterocycles. The Hall–Kier alpha value is -1.46. The largest absolute Gasteiger partial charge is 0.429 e. The first-order chi connectivity index (χ1) is 9.94. The molecule has 21 heavy (non-hydrogen) atoms. The van der Waals surface area contributed by atoms with Crippen LogP contribution in [0, 0.1) is 0 Å². The zero-order valence-corrected chi connectivity index (χ0v) is 14.2. The summed E-state index contributed by atoms with van der Waals surface area (Å²) in [6, 6.07) is 6.38. The normalized spacial score (nSPS) is 11.7. The number of nitrogens with one attached hydrogen (secondary N) is 1. The van der Waals surface area contributed by atoms with Crippen LogP contribution in [0.15, 0.2) is 18.2 Å². The van der Waals surface area contributed by atoms with E-state index in [1.54, 1.807) is 0 Å². The van der Waals surface area contributed by atoms with Gasteiger partial charge in [-0.15, -0.1) is 5.10 Å². The summed E-state index contributed by atoms with van der Waals surface area (Å²) in [5.74, 6) is 0.867. The highest BCUT2D eigenvalue weighted by Crippen LogP contribution is 2.35. The molecule has 1 heterocycles. The van der Waals surface area contributed by atoms with E-state index in [-0.39, 0.29) is 5.41 Å². The first-order valence-corrected chi connectivity index (χ1v) is 8.04.